The van der Waals surface area contributed by atoms with E-state index >= 15 is 0 Å². The maximum atomic E-state index is 13.5. The minimum absolute atomic E-state index is 0.0556. The quantitative estimate of drug-likeness (QED) is 0.196. The van der Waals surface area contributed by atoms with E-state index in [4.69, 9.17) is 4.74 Å². The summed E-state index contributed by atoms with van der Waals surface area (Å²) in [6.07, 6.45) is -0.746. The molecule has 10 nitrogen and oxygen atoms in total. The predicted octanol–water partition coefficient (Wildman–Crippen LogP) is 1.85. The number of nitrogens with one attached hydrogen (secondary N) is 1. The normalized spacial score (nSPS) is 32.7. The molecule has 1 aromatic carbocycles. The van der Waals surface area contributed by atoms with Crippen molar-refractivity contribution in [2.45, 2.75) is 85.2 Å². The van der Waals surface area contributed by atoms with Gasteiger partial charge >= 0.3 is 0 Å². The molecule has 2 fully saturated rings. The summed E-state index contributed by atoms with van der Waals surface area (Å²) in [5, 5.41) is 45.8. The summed E-state index contributed by atoms with van der Waals surface area (Å²) < 4.78 is 6.01. The van der Waals surface area contributed by atoms with Crippen LogP contribution in [0.3, 0.4) is 0 Å². The Morgan fingerprint density at radius 1 is 1.28 bits per heavy atom. The van der Waals surface area contributed by atoms with Gasteiger partial charge < -0.3 is 25.4 Å². The highest BCUT2D eigenvalue weighted by atomic mass is 32.2. The van der Waals surface area contributed by atoms with E-state index in [1.165, 1.54) is 29.6 Å². The van der Waals surface area contributed by atoms with Crippen molar-refractivity contribution in [1.29, 1.82) is 0 Å². The highest BCUT2D eigenvalue weighted by Crippen LogP contribution is 2.37. The number of amides is 1. The van der Waals surface area contributed by atoms with Crippen LogP contribution in [0.15, 0.2) is 29.2 Å². The Hall–Kier alpha value is -1.41. The molecule has 202 valence electrons. The number of nitro groups is 1. The topological polar surface area (TPSA) is 145 Å². The number of hydrogen-bond donors (Lipinski definition) is 4. The summed E-state index contributed by atoms with van der Waals surface area (Å²) in [5.74, 6) is 0.204. The number of hydrogen-bond acceptors (Lipinski definition) is 10. The molecule has 0 aromatic heterocycles. The first-order valence-corrected chi connectivity index (χ1v) is 14.4. The second-order valence-corrected chi connectivity index (χ2v) is 12.0. The summed E-state index contributed by atoms with van der Waals surface area (Å²) in [6.45, 7) is 4.74. The number of thioether (sulfide) groups is 2. The molecule has 36 heavy (non-hydrogen) atoms. The fourth-order valence-corrected chi connectivity index (χ4v) is 6.97. The molecular weight excluding hydrogens is 506 g/mol. The summed E-state index contributed by atoms with van der Waals surface area (Å²) in [6, 6.07) is 5.20. The minimum Gasteiger partial charge on any atom is -0.388 e. The Balaban J connectivity index is 1.88. The zero-order chi connectivity index (χ0) is 26.6. The second kappa shape index (κ2) is 12.9. The number of para-hydroxylation sites is 1. The van der Waals surface area contributed by atoms with Gasteiger partial charge in [-0.05, 0) is 38.1 Å². The first-order chi connectivity index (χ1) is 17.1. The lowest BCUT2D eigenvalue weighted by atomic mass is 9.92. The minimum atomic E-state index is -1.47. The summed E-state index contributed by atoms with van der Waals surface area (Å²) in [5.41, 5.74) is -0.862. The standard InChI is InChI=1S/C24H37N3O7S2/c1-5-8-14-11-16(26(3)12-14)23(31)25-18(22-20(29)19(28)21(30)24(34-22)35-4)13(2)36-17-10-7-6-9-15(17)27(32)33/h6-7,9-10,13-14,16,18-22,24,28-30H,5,8,11-12H2,1-4H3,(H,25,31)/t13-,14+,16-,18-,19-,20+,21+,22?,24+/m0/s1. The summed E-state index contributed by atoms with van der Waals surface area (Å²) in [4.78, 5) is 27.0. The smallest absolute Gasteiger partial charge is 0.282 e. The van der Waals surface area contributed by atoms with Crippen LogP contribution in [0.25, 0.3) is 0 Å². The number of benzene rings is 1. The van der Waals surface area contributed by atoms with Gasteiger partial charge in [0.25, 0.3) is 5.69 Å². The maximum Gasteiger partial charge on any atom is 0.282 e. The number of aliphatic hydroxyl groups excluding tert-OH is 3. The van der Waals surface area contributed by atoms with E-state index in [0.29, 0.717) is 10.8 Å². The van der Waals surface area contributed by atoms with Crippen molar-refractivity contribution in [3.05, 3.63) is 34.4 Å². The molecule has 0 aliphatic carbocycles. The molecule has 0 spiro atoms. The van der Waals surface area contributed by atoms with Crippen molar-refractivity contribution >= 4 is 35.1 Å². The van der Waals surface area contributed by atoms with Gasteiger partial charge in [-0.3, -0.25) is 19.8 Å². The molecule has 2 saturated heterocycles. The van der Waals surface area contributed by atoms with E-state index in [-0.39, 0.29) is 17.6 Å². The van der Waals surface area contributed by atoms with Crippen LogP contribution in [-0.4, -0.2) is 98.1 Å². The molecule has 0 radical (unpaired) electrons. The molecular formula is C24H37N3O7S2. The first kappa shape index (κ1) is 29.2. The molecule has 1 aromatic rings. The van der Waals surface area contributed by atoms with Gasteiger partial charge in [0.15, 0.2) is 0 Å². The molecule has 0 saturated carbocycles. The number of carbonyl (C=O) groups excluding carboxylic acids is 1. The van der Waals surface area contributed by atoms with Gasteiger partial charge in [-0.15, -0.1) is 23.5 Å². The lowest BCUT2D eigenvalue weighted by Gasteiger charge is -2.44. The molecule has 0 bridgehead atoms. The molecule has 2 aliphatic heterocycles. The van der Waals surface area contributed by atoms with Gasteiger partial charge in [-0.2, -0.15) is 0 Å². The van der Waals surface area contributed by atoms with Crippen LogP contribution in [0.2, 0.25) is 0 Å². The summed E-state index contributed by atoms with van der Waals surface area (Å²) >= 11 is 2.39. The fourth-order valence-electron chi connectivity index (χ4n) is 5.10. The number of likely N-dealkylation sites (tertiary alicyclic amines) is 1. The first-order valence-electron chi connectivity index (χ1n) is 12.2. The Kier molecular flexibility index (Phi) is 10.4. The van der Waals surface area contributed by atoms with Crippen LogP contribution >= 0.6 is 23.5 Å². The number of ether oxygens (including phenoxy) is 1. The maximum absolute atomic E-state index is 13.5. The van der Waals surface area contributed by atoms with Crippen molar-refractivity contribution in [1.82, 2.24) is 10.2 Å². The average molecular weight is 544 g/mol. The molecule has 2 aliphatic rings. The number of likely N-dealkylation sites (N-methyl/N-ethyl adjacent to an activating group) is 1. The average Bonchev–Trinajstić information content (AvgIpc) is 3.22. The second-order valence-electron chi connectivity index (χ2n) is 9.60. The number of nitrogens with zero attached hydrogens (tertiary/aromatic N) is 2. The van der Waals surface area contributed by atoms with Crippen LogP contribution in [0, 0.1) is 16.0 Å². The Morgan fingerprint density at radius 3 is 2.61 bits per heavy atom. The molecule has 1 amide bonds. The van der Waals surface area contributed by atoms with Gasteiger partial charge in [0.05, 0.1) is 21.9 Å². The highest BCUT2D eigenvalue weighted by molar-refractivity contribution is 8.00. The molecule has 1 unspecified atom stereocenters. The zero-order valence-corrected chi connectivity index (χ0v) is 22.7. The third-order valence-corrected chi connectivity index (χ3v) is 9.14. The lowest BCUT2D eigenvalue weighted by Crippen LogP contribution is -2.65. The fraction of sp³-hybridized carbons (Fsp3) is 0.708. The Bertz CT molecular complexity index is 908. The molecule has 12 heteroatoms. The highest BCUT2D eigenvalue weighted by Gasteiger charge is 2.49. The molecule has 3 rings (SSSR count). The van der Waals surface area contributed by atoms with Crippen molar-refractivity contribution in [2.24, 2.45) is 5.92 Å². The van der Waals surface area contributed by atoms with Gasteiger partial charge in [0, 0.05) is 17.9 Å². The van der Waals surface area contributed by atoms with E-state index < -0.39 is 46.1 Å². The Morgan fingerprint density at radius 2 is 1.97 bits per heavy atom. The lowest BCUT2D eigenvalue weighted by molar-refractivity contribution is -0.387. The van der Waals surface area contributed by atoms with Crippen LogP contribution in [0.1, 0.15) is 33.1 Å². The number of carbonyl (C=O) groups is 1. The van der Waals surface area contributed by atoms with Crippen LogP contribution in [0.4, 0.5) is 5.69 Å². The number of rotatable bonds is 10. The Labute approximate surface area is 220 Å². The number of nitro benzene ring substituents is 1. The van der Waals surface area contributed by atoms with Crippen LogP contribution in [-0.2, 0) is 9.53 Å². The van der Waals surface area contributed by atoms with Crippen LogP contribution in [0.5, 0.6) is 0 Å². The van der Waals surface area contributed by atoms with Crippen molar-refractivity contribution in [3.8, 4) is 0 Å². The van der Waals surface area contributed by atoms with Crippen molar-refractivity contribution in [2.75, 3.05) is 19.8 Å². The molecule has 9 atom stereocenters. The SMILES string of the molecule is CCC[C@@H]1C[C@@H](C(=O)N[C@H](C2O[C@H](SC)[C@H](O)[C@@H](O)[C@H]2O)[C@H](C)Sc2ccccc2[N+](=O)[O-])N(C)C1. The largest absolute Gasteiger partial charge is 0.388 e. The van der Waals surface area contributed by atoms with E-state index in [0.717, 1.165) is 25.8 Å². The van der Waals surface area contributed by atoms with E-state index in [2.05, 4.69) is 12.2 Å². The van der Waals surface area contributed by atoms with E-state index in [1.54, 1.807) is 31.4 Å². The van der Waals surface area contributed by atoms with Crippen LogP contribution < -0.4 is 5.32 Å². The van der Waals surface area contributed by atoms with E-state index in [9.17, 15) is 30.2 Å². The number of aliphatic hydroxyl groups is 3. The van der Waals surface area contributed by atoms with Gasteiger partial charge in [0.2, 0.25) is 5.91 Å². The summed E-state index contributed by atoms with van der Waals surface area (Å²) in [7, 11) is 1.91. The van der Waals surface area contributed by atoms with Crippen molar-refractivity contribution < 1.29 is 29.8 Å². The molecule has 2 heterocycles. The molecule has 4 N–H and O–H groups in total. The zero-order valence-electron chi connectivity index (χ0n) is 21.0. The monoisotopic (exact) mass is 543 g/mol. The van der Waals surface area contributed by atoms with Gasteiger partial charge in [0.1, 0.15) is 29.9 Å². The van der Waals surface area contributed by atoms with Gasteiger partial charge in [-0.25, -0.2) is 0 Å². The van der Waals surface area contributed by atoms with Crippen molar-refractivity contribution in [3.63, 3.8) is 0 Å². The third-order valence-electron chi connectivity index (χ3n) is 7.02. The van der Waals surface area contributed by atoms with Gasteiger partial charge in [-0.1, -0.05) is 32.4 Å². The third kappa shape index (κ3) is 6.53. The predicted molar refractivity (Wildman–Crippen MR) is 140 cm³/mol. The van der Waals surface area contributed by atoms with E-state index in [1.807, 2.05) is 11.9 Å².